The second-order valence-electron chi connectivity index (χ2n) is 5.05. The summed E-state index contributed by atoms with van der Waals surface area (Å²) in [5.41, 5.74) is 2.70. The molecule has 1 N–H and O–H groups in total. The molecule has 2 aromatic heterocycles. The van der Waals surface area contributed by atoms with E-state index in [0.29, 0.717) is 12.1 Å². The van der Waals surface area contributed by atoms with Crippen molar-refractivity contribution in [1.82, 2.24) is 14.9 Å². The van der Waals surface area contributed by atoms with Crippen LogP contribution in [0.3, 0.4) is 0 Å². The Morgan fingerprint density at radius 2 is 2.00 bits per heavy atom. The lowest BCUT2D eigenvalue weighted by atomic mass is 10.1. The van der Waals surface area contributed by atoms with Crippen LogP contribution in [0.25, 0.3) is 10.9 Å². The Hall–Kier alpha value is -2.62. The SMILES string of the molecule is CN(CCc1ccccn1)C(=O)c1c[nH]c2ccccc12. The predicted octanol–water partition coefficient (Wildman–Crippen LogP) is 2.88. The number of hydrogen-bond donors (Lipinski definition) is 1. The summed E-state index contributed by atoms with van der Waals surface area (Å²) >= 11 is 0. The van der Waals surface area contributed by atoms with Gasteiger partial charge < -0.3 is 9.88 Å². The number of aromatic amines is 1. The third-order valence-corrected chi connectivity index (χ3v) is 3.60. The Bertz CT molecular complexity index is 749. The number of pyridine rings is 1. The van der Waals surface area contributed by atoms with E-state index in [1.807, 2.05) is 49.5 Å². The zero-order valence-electron chi connectivity index (χ0n) is 11.9. The minimum atomic E-state index is 0.0309. The highest BCUT2D eigenvalue weighted by Gasteiger charge is 2.15. The molecule has 2 heterocycles. The largest absolute Gasteiger partial charge is 0.360 e. The lowest BCUT2D eigenvalue weighted by Crippen LogP contribution is -2.28. The molecule has 1 amide bonds. The summed E-state index contributed by atoms with van der Waals surface area (Å²) in [4.78, 5) is 21.7. The van der Waals surface area contributed by atoms with E-state index in [1.54, 1.807) is 17.3 Å². The van der Waals surface area contributed by atoms with Crippen LogP contribution in [0.1, 0.15) is 16.1 Å². The standard InChI is InChI=1S/C17H17N3O/c1-20(11-9-13-6-4-5-10-18-13)17(21)15-12-19-16-8-3-2-7-14(15)16/h2-8,10,12,19H,9,11H2,1H3. The first-order valence-electron chi connectivity index (χ1n) is 6.97. The van der Waals surface area contributed by atoms with E-state index in [-0.39, 0.29) is 5.91 Å². The average Bonchev–Trinajstić information content (AvgIpc) is 2.97. The maximum atomic E-state index is 12.5. The molecule has 3 rings (SSSR count). The summed E-state index contributed by atoms with van der Waals surface area (Å²) in [6.07, 6.45) is 4.31. The number of H-pyrrole nitrogens is 1. The second kappa shape index (κ2) is 5.79. The van der Waals surface area contributed by atoms with Gasteiger partial charge in [-0.1, -0.05) is 24.3 Å². The van der Waals surface area contributed by atoms with Gasteiger partial charge in [-0.2, -0.15) is 0 Å². The number of amides is 1. The first-order valence-corrected chi connectivity index (χ1v) is 6.97. The van der Waals surface area contributed by atoms with Crippen molar-refractivity contribution in [3.63, 3.8) is 0 Å². The van der Waals surface area contributed by atoms with Crippen molar-refractivity contribution in [2.45, 2.75) is 6.42 Å². The fourth-order valence-electron chi connectivity index (χ4n) is 2.38. The van der Waals surface area contributed by atoms with Crippen molar-refractivity contribution in [3.05, 3.63) is 66.1 Å². The average molecular weight is 279 g/mol. The van der Waals surface area contributed by atoms with Crippen LogP contribution in [0, 0.1) is 0 Å². The number of aromatic nitrogens is 2. The van der Waals surface area contributed by atoms with E-state index < -0.39 is 0 Å². The van der Waals surface area contributed by atoms with Gasteiger partial charge in [-0.05, 0) is 18.2 Å². The van der Waals surface area contributed by atoms with Gasteiger partial charge in [0, 0.05) is 49.0 Å². The number of carbonyl (C=O) groups is 1. The first kappa shape index (κ1) is 13.4. The van der Waals surface area contributed by atoms with Crippen molar-refractivity contribution in [1.29, 1.82) is 0 Å². The van der Waals surface area contributed by atoms with E-state index in [4.69, 9.17) is 0 Å². The Kier molecular flexibility index (Phi) is 3.69. The zero-order chi connectivity index (χ0) is 14.7. The molecular formula is C17H17N3O. The van der Waals surface area contributed by atoms with Crippen molar-refractivity contribution in [2.75, 3.05) is 13.6 Å². The van der Waals surface area contributed by atoms with Crippen LogP contribution in [0.15, 0.2) is 54.9 Å². The van der Waals surface area contributed by atoms with E-state index >= 15 is 0 Å². The van der Waals surface area contributed by atoms with Gasteiger partial charge in [0.2, 0.25) is 0 Å². The third kappa shape index (κ3) is 2.79. The van der Waals surface area contributed by atoms with Crippen LogP contribution in [-0.4, -0.2) is 34.4 Å². The summed E-state index contributed by atoms with van der Waals surface area (Å²) in [6.45, 7) is 0.648. The van der Waals surface area contributed by atoms with Crippen LogP contribution >= 0.6 is 0 Å². The molecule has 0 saturated carbocycles. The molecular weight excluding hydrogens is 262 g/mol. The molecule has 3 aromatic rings. The molecule has 0 saturated heterocycles. The van der Waals surface area contributed by atoms with E-state index in [0.717, 1.165) is 23.0 Å². The molecule has 0 spiro atoms. The fraction of sp³-hybridized carbons (Fsp3) is 0.176. The molecule has 106 valence electrons. The van der Waals surface area contributed by atoms with Crippen LogP contribution < -0.4 is 0 Å². The molecule has 4 nitrogen and oxygen atoms in total. The van der Waals surface area contributed by atoms with E-state index in [9.17, 15) is 4.79 Å². The number of nitrogens with one attached hydrogen (secondary N) is 1. The minimum Gasteiger partial charge on any atom is -0.360 e. The smallest absolute Gasteiger partial charge is 0.255 e. The Morgan fingerprint density at radius 3 is 2.81 bits per heavy atom. The van der Waals surface area contributed by atoms with Crippen molar-refractivity contribution in [3.8, 4) is 0 Å². The predicted molar refractivity (Wildman–Crippen MR) is 83.2 cm³/mol. The number of hydrogen-bond acceptors (Lipinski definition) is 2. The number of rotatable bonds is 4. The third-order valence-electron chi connectivity index (χ3n) is 3.60. The van der Waals surface area contributed by atoms with Crippen LogP contribution in [0.5, 0.6) is 0 Å². The van der Waals surface area contributed by atoms with Gasteiger partial charge in [0.15, 0.2) is 0 Å². The molecule has 0 atom stereocenters. The molecule has 0 unspecified atom stereocenters. The number of carbonyl (C=O) groups excluding carboxylic acids is 1. The van der Waals surface area contributed by atoms with Gasteiger partial charge in [0.1, 0.15) is 0 Å². The van der Waals surface area contributed by atoms with Crippen molar-refractivity contribution in [2.24, 2.45) is 0 Å². The molecule has 4 heteroatoms. The number of para-hydroxylation sites is 1. The Balaban J connectivity index is 1.72. The highest BCUT2D eigenvalue weighted by molar-refractivity contribution is 6.06. The zero-order valence-corrected chi connectivity index (χ0v) is 11.9. The first-order chi connectivity index (χ1) is 10.3. The number of fused-ring (bicyclic) bond motifs is 1. The van der Waals surface area contributed by atoms with Gasteiger partial charge in [-0.15, -0.1) is 0 Å². The maximum Gasteiger partial charge on any atom is 0.255 e. The highest BCUT2D eigenvalue weighted by atomic mass is 16.2. The molecule has 0 bridgehead atoms. The summed E-state index contributed by atoms with van der Waals surface area (Å²) < 4.78 is 0. The van der Waals surface area contributed by atoms with Crippen molar-refractivity contribution >= 4 is 16.8 Å². The van der Waals surface area contributed by atoms with Gasteiger partial charge in [0.05, 0.1) is 5.56 Å². The molecule has 1 aromatic carbocycles. The van der Waals surface area contributed by atoms with E-state index in [2.05, 4.69) is 9.97 Å². The molecule has 0 radical (unpaired) electrons. The monoisotopic (exact) mass is 279 g/mol. The van der Waals surface area contributed by atoms with Gasteiger partial charge in [-0.25, -0.2) is 0 Å². The normalized spacial score (nSPS) is 10.7. The quantitative estimate of drug-likeness (QED) is 0.798. The van der Waals surface area contributed by atoms with Crippen LogP contribution in [0.2, 0.25) is 0 Å². The Morgan fingerprint density at radius 1 is 1.19 bits per heavy atom. The molecule has 0 aliphatic carbocycles. The van der Waals surface area contributed by atoms with Crippen LogP contribution in [-0.2, 0) is 6.42 Å². The lowest BCUT2D eigenvalue weighted by Gasteiger charge is -2.16. The summed E-state index contributed by atoms with van der Waals surface area (Å²) in [6, 6.07) is 13.7. The van der Waals surface area contributed by atoms with Gasteiger partial charge in [0.25, 0.3) is 5.91 Å². The number of nitrogens with zero attached hydrogens (tertiary/aromatic N) is 2. The molecule has 21 heavy (non-hydrogen) atoms. The van der Waals surface area contributed by atoms with Crippen molar-refractivity contribution < 1.29 is 4.79 Å². The minimum absolute atomic E-state index is 0.0309. The molecule has 0 aliphatic heterocycles. The number of benzene rings is 1. The second-order valence-corrected chi connectivity index (χ2v) is 5.05. The topological polar surface area (TPSA) is 49.0 Å². The number of likely N-dealkylation sites (N-methyl/N-ethyl adjacent to an activating group) is 1. The maximum absolute atomic E-state index is 12.5. The summed E-state index contributed by atoms with van der Waals surface area (Å²) in [7, 11) is 1.83. The lowest BCUT2D eigenvalue weighted by molar-refractivity contribution is 0.0798. The summed E-state index contributed by atoms with van der Waals surface area (Å²) in [5, 5.41) is 0.965. The molecule has 0 aliphatic rings. The molecule has 0 fully saturated rings. The van der Waals surface area contributed by atoms with Gasteiger partial charge >= 0.3 is 0 Å². The van der Waals surface area contributed by atoms with E-state index in [1.165, 1.54) is 0 Å². The Labute approximate surface area is 123 Å². The van der Waals surface area contributed by atoms with Crippen LogP contribution in [0.4, 0.5) is 0 Å². The van der Waals surface area contributed by atoms with Gasteiger partial charge in [-0.3, -0.25) is 9.78 Å². The summed E-state index contributed by atoms with van der Waals surface area (Å²) in [5.74, 6) is 0.0309. The fourth-order valence-corrected chi connectivity index (χ4v) is 2.38. The highest BCUT2D eigenvalue weighted by Crippen LogP contribution is 2.19.